The summed E-state index contributed by atoms with van der Waals surface area (Å²) >= 11 is 3.57. The van der Waals surface area contributed by atoms with E-state index in [0.717, 1.165) is 15.6 Å². The van der Waals surface area contributed by atoms with Crippen molar-refractivity contribution in [1.82, 2.24) is 10.6 Å². The summed E-state index contributed by atoms with van der Waals surface area (Å²) in [5.41, 5.74) is 2.04. The maximum absolute atomic E-state index is 10.00. The van der Waals surface area contributed by atoms with Gasteiger partial charge in [-0.3, -0.25) is 4.99 Å². The summed E-state index contributed by atoms with van der Waals surface area (Å²) < 4.78 is 11.4. The van der Waals surface area contributed by atoms with Gasteiger partial charge in [0.05, 0.1) is 20.3 Å². The highest BCUT2D eigenvalue weighted by Crippen LogP contribution is 2.37. The molecule has 0 heterocycles. The Balaban J connectivity index is 2.06. The number of aliphatic imine (C=N–C) groups is 1. The smallest absolute Gasteiger partial charge is 0.200 e. The minimum atomic E-state index is -0.0104. The predicted octanol–water partition coefficient (Wildman–Crippen LogP) is 3.60. The third-order valence-corrected chi connectivity index (χ3v) is 4.67. The lowest BCUT2D eigenvalue weighted by Gasteiger charge is -2.19. The predicted molar refractivity (Wildman–Crippen MR) is 107 cm³/mol. The Morgan fingerprint density at radius 3 is 2.35 bits per heavy atom. The molecule has 0 fully saturated rings. The van der Waals surface area contributed by atoms with Gasteiger partial charge in [-0.15, -0.1) is 0 Å². The van der Waals surface area contributed by atoms with Crippen molar-refractivity contribution in [2.24, 2.45) is 4.99 Å². The Morgan fingerprint density at radius 1 is 1.19 bits per heavy atom. The second-order valence-corrected chi connectivity index (χ2v) is 6.52. The molecule has 2 aromatic carbocycles. The number of benzene rings is 2. The van der Waals surface area contributed by atoms with Crippen molar-refractivity contribution in [3.63, 3.8) is 0 Å². The first-order chi connectivity index (χ1) is 12.5. The van der Waals surface area contributed by atoms with E-state index in [2.05, 4.69) is 44.5 Å². The van der Waals surface area contributed by atoms with Gasteiger partial charge in [0.2, 0.25) is 5.75 Å². The quantitative estimate of drug-likeness (QED) is 0.490. The van der Waals surface area contributed by atoms with Gasteiger partial charge < -0.3 is 25.2 Å². The fraction of sp³-hybridized carbons (Fsp3) is 0.316. The van der Waals surface area contributed by atoms with Crippen molar-refractivity contribution in [2.45, 2.75) is 19.5 Å². The molecule has 6 nitrogen and oxygen atoms in total. The minimum Gasteiger partial charge on any atom is -0.502 e. The SMILES string of the molecule is CN=C(NCc1cc(OC)c(O)c(OC)c1)NC(C)c1ccccc1Br. The molecule has 0 radical (unpaired) electrons. The summed E-state index contributed by atoms with van der Waals surface area (Å²) in [4.78, 5) is 4.27. The van der Waals surface area contributed by atoms with Gasteiger partial charge in [-0.25, -0.2) is 0 Å². The van der Waals surface area contributed by atoms with Gasteiger partial charge in [0.15, 0.2) is 17.5 Å². The Hall–Kier alpha value is -2.41. The molecule has 0 aliphatic carbocycles. The third-order valence-electron chi connectivity index (χ3n) is 3.95. The Morgan fingerprint density at radius 2 is 1.81 bits per heavy atom. The van der Waals surface area contributed by atoms with E-state index >= 15 is 0 Å². The third kappa shape index (κ3) is 4.82. The molecule has 0 aliphatic rings. The number of guanidine groups is 1. The van der Waals surface area contributed by atoms with Gasteiger partial charge in [0.25, 0.3) is 0 Å². The zero-order valence-electron chi connectivity index (χ0n) is 15.3. The maximum Gasteiger partial charge on any atom is 0.200 e. The number of hydrogen-bond acceptors (Lipinski definition) is 4. The molecule has 0 aliphatic heterocycles. The summed E-state index contributed by atoms with van der Waals surface area (Å²) in [5, 5.41) is 16.6. The van der Waals surface area contributed by atoms with Crippen molar-refractivity contribution in [3.8, 4) is 17.2 Å². The van der Waals surface area contributed by atoms with Crippen LogP contribution >= 0.6 is 15.9 Å². The second-order valence-electron chi connectivity index (χ2n) is 5.66. The number of aromatic hydroxyl groups is 1. The van der Waals surface area contributed by atoms with E-state index in [-0.39, 0.29) is 11.8 Å². The van der Waals surface area contributed by atoms with Gasteiger partial charge in [-0.1, -0.05) is 34.1 Å². The molecule has 0 saturated heterocycles. The van der Waals surface area contributed by atoms with Crippen LogP contribution in [0.3, 0.4) is 0 Å². The standard InChI is InChI=1S/C19H24BrN3O3/c1-12(14-7-5-6-8-15(14)20)23-19(21-2)22-11-13-9-16(25-3)18(24)17(10-13)26-4/h5-10,12,24H,11H2,1-4H3,(H2,21,22,23). The Bertz CT molecular complexity index is 755. The number of halogens is 1. The van der Waals surface area contributed by atoms with Crippen molar-refractivity contribution in [3.05, 3.63) is 52.0 Å². The number of hydrogen-bond donors (Lipinski definition) is 3. The van der Waals surface area contributed by atoms with Crippen LogP contribution in [0.2, 0.25) is 0 Å². The lowest BCUT2D eigenvalue weighted by molar-refractivity contribution is 0.339. The summed E-state index contributed by atoms with van der Waals surface area (Å²) in [5.74, 6) is 1.39. The van der Waals surface area contributed by atoms with Crippen LogP contribution in [0.1, 0.15) is 24.1 Å². The molecule has 3 N–H and O–H groups in total. The summed E-state index contributed by atoms with van der Waals surface area (Å²) in [6.45, 7) is 2.56. The Labute approximate surface area is 162 Å². The number of nitrogens with one attached hydrogen (secondary N) is 2. The summed E-state index contributed by atoms with van der Waals surface area (Å²) in [6.07, 6.45) is 0. The first kappa shape index (κ1) is 19.9. The monoisotopic (exact) mass is 421 g/mol. The van der Waals surface area contributed by atoms with E-state index in [4.69, 9.17) is 9.47 Å². The molecule has 0 spiro atoms. The first-order valence-corrected chi connectivity index (χ1v) is 8.95. The topological polar surface area (TPSA) is 75.1 Å². The largest absolute Gasteiger partial charge is 0.502 e. The number of ether oxygens (including phenoxy) is 2. The van der Waals surface area contributed by atoms with Crippen LogP contribution in [0.4, 0.5) is 0 Å². The molecule has 0 aromatic heterocycles. The maximum atomic E-state index is 10.00. The molecule has 26 heavy (non-hydrogen) atoms. The molecule has 0 saturated carbocycles. The lowest BCUT2D eigenvalue weighted by atomic mass is 10.1. The Kier molecular flexibility index (Phi) is 7.15. The van der Waals surface area contributed by atoms with Gasteiger partial charge in [-0.2, -0.15) is 0 Å². The number of rotatable bonds is 6. The number of phenolic OH excluding ortho intramolecular Hbond substituents is 1. The van der Waals surface area contributed by atoms with Crippen molar-refractivity contribution >= 4 is 21.9 Å². The summed E-state index contributed by atoms with van der Waals surface area (Å²) in [7, 11) is 4.73. The van der Waals surface area contributed by atoms with Crippen LogP contribution in [0.15, 0.2) is 45.9 Å². The van der Waals surface area contributed by atoms with E-state index < -0.39 is 0 Å². The number of nitrogens with zero attached hydrogens (tertiary/aromatic N) is 1. The van der Waals surface area contributed by atoms with Crippen molar-refractivity contribution in [2.75, 3.05) is 21.3 Å². The molecule has 0 amide bonds. The van der Waals surface area contributed by atoms with Crippen LogP contribution in [0.25, 0.3) is 0 Å². The number of methoxy groups -OCH3 is 2. The van der Waals surface area contributed by atoms with Gasteiger partial charge in [0.1, 0.15) is 0 Å². The second kappa shape index (κ2) is 9.33. The first-order valence-electron chi connectivity index (χ1n) is 8.15. The minimum absolute atomic E-state index is 0.0104. The molecule has 1 atom stereocenters. The van der Waals surface area contributed by atoms with E-state index in [9.17, 15) is 5.11 Å². The fourth-order valence-corrected chi connectivity index (χ4v) is 3.17. The molecule has 1 unspecified atom stereocenters. The zero-order chi connectivity index (χ0) is 19.1. The van der Waals surface area contributed by atoms with Crippen LogP contribution in [-0.2, 0) is 6.54 Å². The molecule has 7 heteroatoms. The van der Waals surface area contributed by atoms with E-state index in [1.807, 2.05) is 18.2 Å². The zero-order valence-corrected chi connectivity index (χ0v) is 16.9. The highest BCUT2D eigenvalue weighted by atomic mass is 79.9. The molecule has 140 valence electrons. The molecular weight excluding hydrogens is 398 g/mol. The van der Waals surface area contributed by atoms with E-state index in [1.165, 1.54) is 14.2 Å². The highest BCUT2D eigenvalue weighted by molar-refractivity contribution is 9.10. The van der Waals surface area contributed by atoms with E-state index in [1.54, 1.807) is 19.2 Å². The van der Waals surface area contributed by atoms with Crippen molar-refractivity contribution in [1.29, 1.82) is 0 Å². The van der Waals surface area contributed by atoms with Gasteiger partial charge in [-0.05, 0) is 36.2 Å². The fourth-order valence-electron chi connectivity index (χ4n) is 2.54. The average Bonchev–Trinajstić information content (AvgIpc) is 2.65. The average molecular weight is 422 g/mol. The van der Waals surface area contributed by atoms with Gasteiger partial charge >= 0.3 is 0 Å². The summed E-state index contributed by atoms with van der Waals surface area (Å²) in [6, 6.07) is 11.6. The molecule has 2 rings (SSSR count). The van der Waals surface area contributed by atoms with Crippen LogP contribution in [0, 0.1) is 0 Å². The van der Waals surface area contributed by atoms with Crippen LogP contribution in [-0.4, -0.2) is 32.3 Å². The van der Waals surface area contributed by atoms with Gasteiger partial charge in [0, 0.05) is 18.1 Å². The normalized spacial score (nSPS) is 12.4. The van der Waals surface area contributed by atoms with Crippen LogP contribution < -0.4 is 20.1 Å². The molecular formula is C19H24BrN3O3. The van der Waals surface area contributed by atoms with Crippen LogP contribution in [0.5, 0.6) is 17.2 Å². The highest BCUT2D eigenvalue weighted by Gasteiger charge is 2.13. The molecule has 2 aromatic rings. The number of phenols is 1. The van der Waals surface area contributed by atoms with Crippen molar-refractivity contribution < 1.29 is 14.6 Å². The molecule has 0 bridgehead atoms. The lowest BCUT2D eigenvalue weighted by Crippen LogP contribution is -2.38. The van der Waals surface area contributed by atoms with E-state index in [0.29, 0.717) is 24.0 Å².